The van der Waals surface area contributed by atoms with Crippen molar-refractivity contribution in [1.82, 2.24) is 0 Å². The molecule has 18 heavy (non-hydrogen) atoms. The third-order valence-corrected chi connectivity index (χ3v) is 3.57. The zero-order valence-electron chi connectivity index (χ0n) is 11.6. The normalized spacial score (nSPS) is 29.2. The highest BCUT2D eigenvalue weighted by atomic mass is 16.8. The molecule has 1 fully saturated rings. The average Bonchev–Trinajstić information content (AvgIpc) is 2.43. The van der Waals surface area contributed by atoms with E-state index in [0.717, 1.165) is 0 Å². The molecular weight excluding hydrogens is 228 g/mol. The number of carbonyl (C=O) groups excluding carboxylic acids is 1. The number of benzene rings is 1. The Balaban J connectivity index is 2.41. The number of ether oxygens (including phenoxy) is 2. The predicted molar refractivity (Wildman–Crippen MR) is 69.5 cm³/mol. The Kier molecular flexibility index (Phi) is 2.87. The van der Waals surface area contributed by atoms with Crippen LogP contribution in [0.2, 0.25) is 0 Å². The minimum Gasteiger partial charge on any atom is -0.341 e. The molecule has 0 spiro atoms. The van der Waals surface area contributed by atoms with E-state index >= 15 is 0 Å². The lowest BCUT2D eigenvalue weighted by atomic mass is 9.81. The van der Waals surface area contributed by atoms with Gasteiger partial charge in [0.15, 0.2) is 17.2 Å². The summed E-state index contributed by atoms with van der Waals surface area (Å²) in [6.07, 6.45) is 0. The highest BCUT2D eigenvalue weighted by molar-refractivity contribution is 6.03. The molecule has 1 aliphatic heterocycles. The molecule has 0 saturated carbocycles. The molecule has 0 amide bonds. The fourth-order valence-corrected chi connectivity index (χ4v) is 2.53. The van der Waals surface area contributed by atoms with Crippen LogP contribution in [0.5, 0.6) is 0 Å². The van der Waals surface area contributed by atoms with Crippen LogP contribution in [-0.4, -0.2) is 22.8 Å². The SMILES string of the molecule is CC1(C)OC(C)(C)C(C)(C(=O)c2ccccc2)O1. The minimum atomic E-state index is -0.974. The van der Waals surface area contributed by atoms with Gasteiger partial charge >= 0.3 is 0 Å². The van der Waals surface area contributed by atoms with E-state index in [2.05, 4.69) is 0 Å². The standard InChI is InChI=1S/C15H20O3/c1-13(2)15(5,18-14(3,4)17-13)12(16)11-9-7-6-8-10-11/h6-10H,1-5H3. The van der Waals surface area contributed by atoms with Gasteiger partial charge in [0.05, 0.1) is 0 Å². The van der Waals surface area contributed by atoms with E-state index in [1.165, 1.54) is 0 Å². The van der Waals surface area contributed by atoms with Crippen LogP contribution in [0, 0.1) is 0 Å². The second-order valence-electron chi connectivity index (χ2n) is 5.84. The Morgan fingerprint density at radius 1 is 0.944 bits per heavy atom. The van der Waals surface area contributed by atoms with E-state index < -0.39 is 17.0 Å². The van der Waals surface area contributed by atoms with Crippen LogP contribution < -0.4 is 0 Å². The van der Waals surface area contributed by atoms with Crippen molar-refractivity contribution in [3.05, 3.63) is 35.9 Å². The molecule has 0 aliphatic carbocycles. The van der Waals surface area contributed by atoms with Gasteiger partial charge in [-0.1, -0.05) is 30.3 Å². The maximum Gasteiger partial charge on any atom is 0.197 e. The fourth-order valence-electron chi connectivity index (χ4n) is 2.53. The predicted octanol–water partition coefficient (Wildman–Crippen LogP) is 3.19. The first-order valence-corrected chi connectivity index (χ1v) is 6.18. The molecule has 0 bridgehead atoms. The van der Waals surface area contributed by atoms with Crippen LogP contribution in [0.15, 0.2) is 30.3 Å². The van der Waals surface area contributed by atoms with Crippen molar-refractivity contribution in [2.45, 2.75) is 51.6 Å². The highest BCUT2D eigenvalue weighted by Gasteiger charge is 2.59. The zero-order valence-corrected chi connectivity index (χ0v) is 11.6. The number of rotatable bonds is 2. The largest absolute Gasteiger partial charge is 0.341 e. The molecule has 1 aliphatic rings. The summed E-state index contributed by atoms with van der Waals surface area (Å²) in [5.41, 5.74) is -0.990. The second kappa shape index (κ2) is 3.90. The molecule has 2 rings (SSSR count). The number of hydrogen-bond acceptors (Lipinski definition) is 3. The first-order valence-electron chi connectivity index (χ1n) is 6.18. The molecule has 1 saturated heterocycles. The van der Waals surface area contributed by atoms with E-state index in [-0.39, 0.29) is 5.78 Å². The van der Waals surface area contributed by atoms with E-state index in [1.807, 2.05) is 45.9 Å². The topological polar surface area (TPSA) is 35.5 Å². The van der Waals surface area contributed by atoms with Crippen LogP contribution in [0.3, 0.4) is 0 Å². The van der Waals surface area contributed by atoms with Gasteiger partial charge in [-0.25, -0.2) is 0 Å². The van der Waals surface area contributed by atoms with Gasteiger partial charge in [0.25, 0.3) is 0 Å². The number of hydrogen-bond donors (Lipinski definition) is 0. The fraction of sp³-hybridized carbons (Fsp3) is 0.533. The maximum absolute atomic E-state index is 12.7. The third-order valence-electron chi connectivity index (χ3n) is 3.57. The lowest BCUT2D eigenvalue weighted by Crippen LogP contribution is -2.51. The van der Waals surface area contributed by atoms with Crippen LogP contribution in [0.4, 0.5) is 0 Å². The lowest BCUT2D eigenvalue weighted by Gasteiger charge is -2.33. The van der Waals surface area contributed by atoms with Crippen molar-refractivity contribution in [2.24, 2.45) is 0 Å². The molecule has 1 aromatic rings. The average molecular weight is 248 g/mol. The van der Waals surface area contributed by atoms with E-state index in [1.54, 1.807) is 19.1 Å². The zero-order chi connectivity index (χ0) is 13.6. The van der Waals surface area contributed by atoms with Gasteiger partial charge in [0, 0.05) is 5.56 Å². The third kappa shape index (κ3) is 1.98. The summed E-state index contributed by atoms with van der Waals surface area (Å²) in [4.78, 5) is 12.7. The summed E-state index contributed by atoms with van der Waals surface area (Å²) in [5.74, 6) is -0.790. The molecule has 1 unspecified atom stereocenters. The molecule has 0 aromatic heterocycles. The van der Waals surface area contributed by atoms with Gasteiger partial charge in [0.1, 0.15) is 5.60 Å². The summed E-state index contributed by atoms with van der Waals surface area (Å²) < 4.78 is 11.7. The second-order valence-corrected chi connectivity index (χ2v) is 5.84. The van der Waals surface area contributed by atoms with E-state index in [9.17, 15) is 4.79 Å². The van der Waals surface area contributed by atoms with Gasteiger partial charge in [-0.2, -0.15) is 0 Å². The highest BCUT2D eigenvalue weighted by Crippen LogP contribution is 2.45. The molecule has 0 N–H and O–H groups in total. The van der Waals surface area contributed by atoms with E-state index in [0.29, 0.717) is 5.56 Å². The van der Waals surface area contributed by atoms with Crippen molar-refractivity contribution in [2.75, 3.05) is 0 Å². The first-order chi connectivity index (χ1) is 8.18. The summed E-state index contributed by atoms with van der Waals surface area (Å²) >= 11 is 0. The van der Waals surface area contributed by atoms with E-state index in [4.69, 9.17) is 9.47 Å². The first kappa shape index (κ1) is 13.2. The van der Waals surface area contributed by atoms with Gasteiger partial charge in [-0.3, -0.25) is 4.79 Å². The summed E-state index contributed by atoms with van der Waals surface area (Å²) in [6.45, 7) is 9.25. The summed E-state index contributed by atoms with van der Waals surface area (Å²) in [6, 6.07) is 9.20. The van der Waals surface area contributed by atoms with Gasteiger partial charge in [-0.15, -0.1) is 0 Å². The Morgan fingerprint density at radius 2 is 1.50 bits per heavy atom. The minimum absolute atomic E-state index is 0.0429. The Morgan fingerprint density at radius 3 is 1.94 bits per heavy atom. The molecule has 0 radical (unpaired) electrons. The number of Topliss-reactive ketones (excluding diaryl/α,β-unsaturated/α-hetero) is 1. The Labute approximate surface area is 108 Å². The smallest absolute Gasteiger partial charge is 0.197 e. The van der Waals surface area contributed by atoms with Gasteiger partial charge in [0.2, 0.25) is 0 Å². The van der Waals surface area contributed by atoms with Crippen LogP contribution in [0.1, 0.15) is 45.0 Å². The number of carbonyl (C=O) groups is 1. The molecule has 1 atom stereocenters. The van der Waals surface area contributed by atoms with Gasteiger partial charge < -0.3 is 9.47 Å². The molecular formula is C15H20O3. The summed E-state index contributed by atoms with van der Waals surface area (Å²) in [7, 11) is 0. The molecule has 98 valence electrons. The van der Waals surface area contributed by atoms with Crippen LogP contribution in [0.25, 0.3) is 0 Å². The molecule has 1 aromatic carbocycles. The van der Waals surface area contributed by atoms with Crippen molar-refractivity contribution < 1.29 is 14.3 Å². The van der Waals surface area contributed by atoms with Crippen molar-refractivity contribution in [3.8, 4) is 0 Å². The molecule has 3 nitrogen and oxygen atoms in total. The van der Waals surface area contributed by atoms with Crippen molar-refractivity contribution in [1.29, 1.82) is 0 Å². The van der Waals surface area contributed by atoms with Crippen molar-refractivity contribution in [3.63, 3.8) is 0 Å². The Hall–Kier alpha value is -1.19. The van der Waals surface area contributed by atoms with Crippen LogP contribution in [-0.2, 0) is 9.47 Å². The maximum atomic E-state index is 12.7. The Bertz CT molecular complexity index is 462. The van der Waals surface area contributed by atoms with Crippen LogP contribution >= 0.6 is 0 Å². The van der Waals surface area contributed by atoms with Gasteiger partial charge in [-0.05, 0) is 34.6 Å². The monoisotopic (exact) mass is 248 g/mol. The molecule has 1 heterocycles. The lowest BCUT2D eigenvalue weighted by molar-refractivity contribution is -0.161. The number of ketones is 1. The summed E-state index contributed by atoms with van der Waals surface area (Å²) in [5, 5.41) is 0. The molecule has 3 heteroatoms. The van der Waals surface area contributed by atoms with Crippen molar-refractivity contribution >= 4 is 5.78 Å². The quantitative estimate of drug-likeness (QED) is 0.754.